The molecule has 0 saturated heterocycles. The number of nitrogens with zero attached hydrogens (tertiary/aromatic N) is 1. The van der Waals surface area contributed by atoms with Crippen molar-refractivity contribution in [2.24, 2.45) is 0 Å². The quantitative estimate of drug-likeness (QED) is 0.508. The van der Waals surface area contributed by atoms with E-state index >= 15 is 0 Å². The van der Waals surface area contributed by atoms with Crippen LogP contribution in [0.4, 0.5) is 22.7 Å². The molecule has 2 aromatic rings. The molecule has 19 heavy (non-hydrogen) atoms. The first kappa shape index (κ1) is 13.4. The summed E-state index contributed by atoms with van der Waals surface area (Å²) in [6.45, 7) is 1.98. The zero-order valence-corrected chi connectivity index (χ0v) is 11.8. The van der Waals surface area contributed by atoms with Gasteiger partial charge >= 0.3 is 0 Å². The molecule has 5 nitrogen and oxygen atoms in total. The minimum Gasteiger partial charge on any atom is -0.393 e. The molecule has 0 radical (unpaired) electrons. The Balaban J connectivity index is 2.31. The first-order chi connectivity index (χ1) is 8.97. The third-order valence-electron chi connectivity index (χ3n) is 2.70. The van der Waals surface area contributed by atoms with Crippen LogP contribution in [0.2, 0.25) is 0 Å². The van der Waals surface area contributed by atoms with E-state index in [4.69, 9.17) is 5.73 Å². The van der Waals surface area contributed by atoms with Crippen molar-refractivity contribution in [1.29, 1.82) is 0 Å². The Hall–Kier alpha value is -2.08. The molecule has 2 rings (SSSR count). The van der Waals surface area contributed by atoms with Gasteiger partial charge in [-0.05, 0) is 36.8 Å². The van der Waals surface area contributed by atoms with Gasteiger partial charge in [-0.2, -0.15) is 0 Å². The van der Waals surface area contributed by atoms with E-state index in [2.05, 4.69) is 21.2 Å². The van der Waals surface area contributed by atoms with Gasteiger partial charge in [0, 0.05) is 21.9 Å². The van der Waals surface area contributed by atoms with E-state index in [0.717, 1.165) is 15.7 Å². The molecule has 98 valence electrons. The second kappa shape index (κ2) is 5.27. The maximum Gasteiger partial charge on any atom is 0.292 e. The van der Waals surface area contributed by atoms with Crippen molar-refractivity contribution in [2.45, 2.75) is 6.92 Å². The Morgan fingerprint density at radius 1 is 1.26 bits per heavy atom. The fraction of sp³-hybridized carbons (Fsp3) is 0.0769. The summed E-state index contributed by atoms with van der Waals surface area (Å²) < 4.78 is 0.954. The smallest absolute Gasteiger partial charge is 0.292 e. The fourth-order valence-corrected chi connectivity index (χ4v) is 2.04. The van der Waals surface area contributed by atoms with Crippen molar-refractivity contribution in [3.05, 3.63) is 56.5 Å². The number of nitrogen functional groups attached to an aromatic ring is 1. The molecule has 0 aliphatic rings. The Labute approximate surface area is 118 Å². The molecule has 2 aromatic carbocycles. The molecule has 6 heteroatoms. The highest BCUT2D eigenvalue weighted by molar-refractivity contribution is 9.10. The topological polar surface area (TPSA) is 81.2 Å². The van der Waals surface area contributed by atoms with Gasteiger partial charge in [0.05, 0.1) is 4.92 Å². The van der Waals surface area contributed by atoms with E-state index in [0.29, 0.717) is 5.69 Å². The summed E-state index contributed by atoms with van der Waals surface area (Å²) in [6, 6.07) is 10.4. The van der Waals surface area contributed by atoms with Gasteiger partial charge in [0.2, 0.25) is 0 Å². The third kappa shape index (κ3) is 3.03. The van der Waals surface area contributed by atoms with Crippen molar-refractivity contribution in [1.82, 2.24) is 0 Å². The minimum atomic E-state index is -0.497. The zero-order chi connectivity index (χ0) is 14.0. The zero-order valence-electron chi connectivity index (χ0n) is 10.2. The molecular formula is C13H12BrN3O2. The lowest BCUT2D eigenvalue weighted by molar-refractivity contribution is -0.383. The van der Waals surface area contributed by atoms with Crippen molar-refractivity contribution in [3.8, 4) is 0 Å². The number of rotatable bonds is 3. The van der Waals surface area contributed by atoms with Crippen LogP contribution in [0.3, 0.4) is 0 Å². The van der Waals surface area contributed by atoms with Gasteiger partial charge in [0.25, 0.3) is 5.69 Å². The summed E-state index contributed by atoms with van der Waals surface area (Å²) >= 11 is 3.40. The van der Waals surface area contributed by atoms with E-state index in [-0.39, 0.29) is 11.4 Å². The number of anilines is 3. The normalized spacial score (nSPS) is 10.2. The highest BCUT2D eigenvalue weighted by Gasteiger charge is 2.11. The number of nitrogens with two attached hydrogens (primary N) is 1. The Bertz CT molecular complexity index is 644. The molecule has 0 bridgehead atoms. The predicted octanol–water partition coefficient (Wildman–Crippen LogP) is 3.99. The second-order valence-electron chi connectivity index (χ2n) is 4.11. The van der Waals surface area contributed by atoms with E-state index in [1.165, 1.54) is 6.07 Å². The van der Waals surface area contributed by atoms with Gasteiger partial charge in [0.1, 0.15) is 5.69 Å². The van der Waals surface area contributed by atoms with Crippen LogP contribution in [0.15, 0.2) is 40.9 Å². The standard InChI is InChI=1S/C13H12BrN3O2/c1-8-2-3-9(14)6-12(8)16-10-4-5-13(17(18)19)11(15)7-10/h2-7,16H,15H2,1H3. The first-order valence-corrected chi connectivity index (χ1v) is 6.34. The SMILES string of the molecule is Cc1ccc(Br)cc1Nc1ccc([N+](=O)[O-])c(N)c1. The Morgan fingerprint density at radius 2 is 2.00 bits per heavy atom. The molecule has 0 fully saturated rings. The monoisotopic (exact) mass is 321 g/mol. The average molecular weight is 322 g/mol. The summed E-state index contributed by atoms with van der Waals surface area (Å²) in [4.78, 5) is 10.2. The molecule has 0 atom stereocenters. The van der Waals surface area contributed by atoms with Gasteiger partial charge in [-0.1, -0.05) is 22.0 Å². The van der Waals surface area contributed by atoms with Crippen LogP contribution < -0.4 is 11.1 Å². The number of aryl methyl sites for hydroxylation is 1. The van der Waals surface area contributed by atoms with Crippen molar-refractivity contribution < 1.29 is 4.92 Å². The van der Waals surface area contributed by atoms with Crippen LogP contribution in [0.1, 0.15) is 5.56 Å². The molecule has 0 heterocycles. The fourth-order valence-electron chi connectivity index (χ4n) is 1.68. The Kier molecular flexibility index (Phi) is 3.71. The minimum absolute atomic E-state index is 0.0866. The molecule has 3 N–H and O–H groups in total. The number of halogens is 1. The van der Waals surface area contributed by atoms with E-state index in [1.54, 1.807) is 12.1 Å². The van der Waals surface area contributed by atoms with Crippen molar-refractivity contribution in [2.75, 3.05) is 11.1 Å². The number of nitrogens with one attached hydrogen (secondary N) is 1. The largest absolute Gasteiger partial charge is 0.393 e. The van der Waals surface area contributed by atoms with E-state index in [1.807, 2.05) is 25.1 Å². The first-order valence-electron chi connectivity index (χ1n) is 5.54. The van der Waals surface area contributed by atoms with Crippen LogP contribution in [0.5, 0.6) is 0 Å². The van der Waals surface area contributed by atoms with Gasteiger partial charge in [0.15, 0.2) is 0 Å². The lowest BCUT2D eigenvalue weighted by Crippen LogP contribution is -1.98. The highest BCUT2D eigenvalue weighted by Crippen LogP contribution is 2.29. The van der Waals surface area contributed by atoms with Crippen molar-refractivity contribution in [3.63, 3.8) is 0 Å². The number of benzene rings is 2. The number of nitro groups is 1. The Morgan fingerprint density at radius 3 is 2.63 bits per heavy atom. The molecule has 0 aromatic heterocycles. The van der Waals surface area contributed by atoms with Gasteiger partial charge in [-0.25, -0.2) is 0 Å². The molecular weight excluding hydrogens is 310 g/mol. The molecule has 0 saturated carbocycles. The maximum atomic E-state index is 10.7. The van der Waals surface area contributed by atoms with E-state index < -0.39 is 4.92 Å². The average Bonchev–Trinajstić information content (AvgIpc) is 2.33. The summed E-state index contributed by atoms with van der Waals surface area (Å²) in [6.07, 6.45) is 0. The molecule has 0 aliphatic heterocycles. The molecule has 0 amide bonds. The maximum absolute atomic E-state index is 10.7. The summed E-state index contributed by atoms with van der Waals surface area (Å²) in [7, 11) is 0. The number of nitro benzene ring substituents is 1. The molecule has 0 spiro atoms. The highest BCUT2D eigenvalue weighted by atomic mass is 79.9. The molecule has 0 aliphatic carbocycles. The van der Waals surface area contributed by atoms with Crippen LogP contribution in [-0.2, 0) is 0 Å². The predicted molar refractivity (Wildman–Crippen MR) is 79.7 cm³/mol. The van der Waals surface area contributed by atoms with Gasteiger partial charge in [-0.15, -0.1) is 0 Å². The summed E-state index contributed by atoms with van der Waals surface area (Å²) in [5.74, 6) is 0. The number of hydrogen-bond donors (Lipinski definition) is 2. The number of hydrogen-bond acceptors (Lipinski definition) is 4. The van der Waals surface area contributed by atoms with E-state index in [9.17, 15) is 10.1 Å². The van der Waals surface area contributed by atoms with Crippen molar-refractivity contribution >= 4 is 38.7 Å². The van der Waals surface area contributed by atoms with Crippen LogP contribution in [0, 0.1) is 17.0 Å². The van der Waals surface area contributed by atoms with Crippen LogP contribution >= 0.6 is 15.9 Å². The lowest BCUT2D eigenvalue weighted by Gasteiger charge is -2.10. The van der Waals surface area contributed by atoms with Crippen LogP contribution in [-0.4, -0.2) is 4.92 Å². The lowest BCUT2D eigenvalue weighted by atomic mass is 10.2. The molecule has 0 unspecified atom stereocenters. The summed E-state index contributed by atoms with van der Waals surface area (Å²) in [5.41, 5.74) is 8.41. The third-order valence-corrected chi connectivity index (χ3v) is 3.20. The van der Waals surface area contributed by atoms with Gasteiger partial charge in [-0.3, -0.25) is 10.1 Å². The van der Waals surface area contributed by atoms with Gasteiger partial charge < -0.3 is 11.1 Å². The van der Waals surface area contributed by atoms with Crippen LogP contribution in [0.25, 0.3) is 0 Å². The summed E-state index contributed by atoms with van der Waals surface area (Å²) in [5, 5.41) is 13.9. The second-order valence-corrected chi connectivity index (χ2v) is 5.03.